The number of carbonyl (C=O) groups is 2. The molecule has 194 valence electrons. The molecule has 0 aromatic carbocycles. The average Bonchev–Trinajstić information content (AvgIpc) is 2.84. The summed E-state index contributed by atoms with van der Waals surface area (Å²) in [5.41, 5.74) is 6.77. The van der Waals surface area contributed by atoms with Crippen LogP contribution in [0.2, 0.25) is 0 Å². The van der Waals surface area contributed by atoms with Crippen LogP contribution in [0.3, 0.4) is 0 Å². The number of amides is 2. The van der Waals surface area contributed by atoms with Crippen LogP contribution in [0.1, 0.15) is 100 Å². The van der Waals surface area contributed by atoms with Gasteiger partial charge in [0.2, 0.25) is 5.91 Å². The maximum atomic E-state index is 13.2. The van der Waals surface area contributed by atoms with Crippen LogP contribution in [-0.2, 0) is 4.79 Å². The van der Waals surface area contributed by atoms with Gasteiger partial charge in [0.05, 0.1) is 28.8 Å². The van der Waals surface area contributed by atoms with E-state index >= 15 is 0 Å². The summed E-state index contributed by atoms with van der Waals surface area (Å²) in [4.78, 5) is 33.7. The molecule has 0 aliphatic heterocycles. The zero-order chi connectivity index (χ0) is 26.7. The Hall–Kier alpha value is -3.28. The number of rotatable bonds is 12. The molecule has 0 bridgehead atoms. The predicted molar refractivity (Wildman–Crippen MR) is 150 cm³/mol. The molecule has 0 saturated heterocycles. The van der Waals surface area contributed by atoms with Crippen molar-refractivity contribution >= 4 is 29.3 Å². The van der Waals surface area contributed by atoms with Crippen LogP contribution >= 0.6 is 0 Å². The lowest BCUT2D eigenvalue weighted by Gasteiger charge is -2.17. The summed E-state index contributed by atoms with van der Waals surface area (Å²) in [6.45, 7) is 14.4. The molecular formula is C30H42N4O2. The van der Waals surface area contributed by atoms with Crippen molar-refractivity contribution in [2.24, 2.45) is 5.92 Å². The lowest BCUT2D eigenvalue weighted by molar-refractivity contribution is -0.115. The van der Waals surface area contributed by atoms with E-state index in [1.54, 1.807) is 25.4 Å². The predicted octanol–water partition coefficient (Wildman–Crippen LogP) is 7.65. The number of aromatic nitrogens is 2. The number of unbranched alkanes of at least 4 members (excludes halogenated alkanes) is 2. The molecule has 2 amide bonds. The van der Waals surface area contributed by atoms with Gasteiger partial charge in [-0.05, 0) is 67.5 Å². The van der Waals surface area contributed by atoms with Gasteiger partial charge in [-0.15, -0.1) is 0 Å². The lowest BCUT2D eigenvalue weighted by atomic mass is 9.89. The zero-order valence-electron chi connectivity index (χ0n) is 23.0. The summed E-state index contributed by atoms with van der Waals surface area (Å²) < 4.78 is 0. The Morgan fingerprint density at radius 1 is 0.972 bits per heavy atom. The number of pyridine rings is 2. The summed E-state index contributed by atoms with van der Waals surface area (Å²) in [6, 6.07) is 3.63. The minimum absolute atomic E-state index is 0.107. The normalized spacial score (nSPS) is 12.1. The summed E-state index contributed by atoms with van der Waals surface area (Å²) >= 11 is 0. The molecular weight excluding hydrogens is 448 g/mol. The lowest BCUT2D eigenvalue weighted by Crippen LogP contribution is -2.15. The van der Waals surface area contributed by atoms with Crippen LogP contribution in [0.5, 0.6) is 0 Å². The second kappa shape index (κ2) is 14.3. The van der Waals surface area contributed by atoms with E-state index in [1.165, 1.54) is 24.0 Å². The van der Waals surface area contributed by atoms with E-state index in [-0.39, 0.29) is 11.8 Å². The van der Waals surface area contributed by atoms with Gasteiger partial charge in [-0.3, -0.25) is 19.6 Å². The molecule has 6 nitrogen and oxygen atoms in total. The summed E-state index contributed by atoms with van der Waals surface area (Å²) in [5.74, 6) is -0.0141. The van der Waals surface area contributed by atoms with E-state index in [0.717, 1.165) is 30.5 Å². The highest BCUT2D eigenvalue weighted by atomic mass is 16.2. The third kappa shape index (κ3) is 8.43. The average molecular weight is 491 g/mol. The van der Waals surface area contributed by atoms with Crippen molar-refractivity contribution in [2.45, 2.75) is 87.0 Å². The second-order valence-corrected chi connectivity index (χ2v) is 9.49. The van der Waals surface area contributed by atoms with Gasteiger partial charge < -0.3 is 10.6 Å². The first kappa shape index (κ1) is 29.0. The molecule has 0 fully saturated rings. The van der Waals surface area contributed by atoms with Crippen molar-refractivity contribution in [3.8, 4) is 0 Å². The third-order valence-corrected chi connectivity index (χ3v) is 6.10. The van der Waals surface area contributed by atoms with E-state index < -0.39 is 0 Å². The van der Waals surface area contributed by atoms with E-state index in [9.17, 15) is 9.59 Å². The molecule has 0 atom stereocenters. The first-order valence-corrected chi connectivity index (χ1v) is 13.1. The molecule has 2 aromatic rings. The van der Waals surface area contributed by atoms with Crippen molar-refractivity contribution in [1.82, 2.24) is 9.97 Å². The quantitative estimate of drug-likeness (QED) is 0.236. The van der Waals surface area contributed by atoms with E-state index in [0.29, 0.717) is 35.0 Å². The minimum Gasteiger partial charge on any atom is -0.325 e. The molecule has 36 heavy (non-hydrogen) atoms. The van der Waals surface area contributed by atoms with Crippen molar-refractivity contribution < 1.29 is 9.59 Å². The number of hydrogen-bond donors (Lipinski definition) is 2. The Balaban J connectivity index is 2.37. The van der Waals surface area contributed by atoms with Crippen LogP contribution in [0, 0.1) is 19.8 Å². The van der Waals surface area contributed by atoms with E-state index in [4.69, 9.17) is 0 Å². The van der Waals surface area contributed by atoms with E-state index in [2.05, 4.69) is 60.4 Å². The molecule has 2 rings (SSSR count). The van der Waals surface area contributed by atoms with Gasteiger partial charge >= 0.3 is 0 Å². The summed E-state index contributed by atoms with van der Waals surface area (Å²) in [5, 5.41) is 5.72. The van der Waals surface area contributed by atoms with Gasteiger partial charge in [0.15, 0.2) is 0 Å². The zero-order valence-corrected chi connectivity index (χ0v) is 23.0. The van der Waals surface area contributed by atoms with Crippen molar-refractivity contribution in [1.29, 1.82) is 0 Å². The molecule has 2 heterocycles. The largest absolute Gasteiger partial charge is 0.325 e. The fraction of sp³-hybridized carbons (Fsp3) is 0.467. The molecule has 0 aliphatic carbocycles. The molecule has 2 aromatic heterocycles. The highest BCUT2D eigenvalue weighted by Crippen LogP contribution is 2.28. The van der Waals surface area contributed by atoms with Gasteiger partial charge in [-0.25, -0.2) is 0 Å². The Morgan fingerprint density at radius 3 is 2.33 bits per heavy atom. The molecule has 0 unspecified atom stereocenters. The maximum Gasteiger partial charge on any atom is 0.257 e. The van der Waals surface area contributed by atoms with Crippen LogP contribution in [0.25, 0.3) is 6.08 Å². The molecule has 6 heteroatoms. The number of anilines is 2. The number of aryl methyl sites for hydroxylation is 2. The molecule has 0 radical (unpaired) electrons. The number of carbonyl (C=O) groups excluding carboxylic acids is 2. The van der Waals surface area contributed by atoms with Gasteiger partial charge in [0.1, 0.15) is 0 Å². The smallest absolute Gasteiger partial charge is 0.257 e. The Kier molecular flexibility index (Phi) is 11.5. The Bertz CT molecular complexity index is 1120. The fourth-order valence-electron chi connectivity index (χ4n) is 3.90. The first-order valence-electron chi connectivity index (χ1n) is 13.1. The number of nitrogens with zero attached hydrogens (tertiary/aromatic N) is 2. The SMILES string of the molecule is CCCC/C=C(CCC)/C(=C/c1cc(C(=O)Nc2cc(NC(=O)CC)cnc2C)cnc1C)C(C)C. The fourth-order valence-corrected chi connectivity index (χ4v) is 3.90. The standard InChI is InChI=1S/C30H42N4O2/c1-8-11-12-14-23(13-9-2)27(20(4)5)16-24-15-25(18-31-21(24)6)30(36)34-28-17-26(19-32-22(28)7)33-29(35)10-3/h14-20H,8-13H2,1-7H3,(H,33,35)(H,34,36)/b23-14+,27-16+. The molecule has 0 aliphatic rings. The monoisotopic (exact) mass is 490 g/mol. The van der Waals surface area contributed by atoms with Crippen LogP contribution in [0.4, 0.5) is 11.4 Å². The minimum atomic E-state index is -0.264. The molecule has 0 spiro atoms. The number of hydrogen-bond acceptors (Lipinski definition) is 4. The summed E-state index contributed by atoms with van der Waals surface area (Å²) in [6.07, 6.45) is 13.7. The molecule has 0 saturated carbocycles. The van der Waals surface area contributed by atoms with Crippen molar-refractivity contribution in [2.75, 3.05) is 10.6 Å². The molecule has 2 N–H and O–H groups in total. The van der Waals surface area contributed by atoms with Crippen molar-refractivity contribution in [3.05, 3.63) is 64.3 Å². The highest BCUT2D eigenvalue weighted by molar-refractivity contribution is 6.05. The van der Waals surface area contributed by atoms with Gasteiger partial charge in [0, 0.05) is 18.3 Å². The number of allylic oxidation sites excluding steroid dienone is 3. The summed E-state index contributed by atoms with van der Waals surface area (Å²) in [7, 11) is 0. The van der Waals surface area contributed by atoms with E-state index in [1.807, 2.05) is 19.9 Å². The van der Waals surface area contributed by atoms with Crippen LogP contribution in [-0.4, -0.2) is 21.8 Å². The Morgan fingerprint density at radius 2 is 1.69 bits per heavy atom. The van der Waals surface area contributed by atoms with Gasteiger partial charge in [-0.2, -0.15) is 0 Å². The van der Waals surface area contributed by atoms with Gasteiger partial charge in [0.25, 0.3) is 5.91 Å². The maximum absolute atomic E-state index is 13.2. The second-order valence-electron chi connectivity index (χ2n) is 9.49. The first-order chi connectivity index (χ1) is 17.2. The topological polar surface area (TPSA) is 84.0 Å². The Labute approximate surface area is 216 Å². The van der Waals surface area contributed by atoms with Crippen molar-refractivity contribution in [3.63, 3.8) is 0 Å². The number of nitrogens with one attached hydrogen (secondary N) is 2. The van der Waals surface area contributed by atoms with Crippen LogP contribution < -0.4 is 10.6 Å². The van der Waals surface area contributed by atoms with Gasteiger partial charge in [-0.1, -0.05) is 60.0 Å². The highest BCUT2D eigenvalue weighted by Gasteiger charge is 2.14. The van der Waals surface area contributed by atoms with Crippen LogP contribution in [0.15, 0.2) is 41.7 Å². The third-order valence-electron chi connectivity index (χ3n) is 6.10.